The fraction of sp³-hybridized carbons (Fsp3) is 0.357. The number of aryl methyl sites for hydroxylation is 3. The molecule has 0 aliphatic carbocycles. The number of hydrogen-bond donors (Lipinski definition) is 1. The summed E-state index contributed by atoms with van der Waals surface area (Å²) in [7, 11) is 0. The Bertz CT molecular complexity index is 564. The molecular weight excluding hydrogens is 224 g/mol. The molecule has 4 heteroatoms. The Kier molecular flexibility index (Phi) is 3.55. The average molecular weight is 242 g/mol. The van der Waals surface area contributed by atoms with Gasteiger partial charge in [0.1, 0.15) is 11.6 Å². The van der Waals surface area contributed by atoms with E-state index >= 15 is 0 Å². The topological polar surface area (TPSA) is 64.7 Å². The fourth-order valence-corrected chi connectivity index (χ4v) is 2.00. The maximum Gasteiger partial charge on any atom is 0.126 e. The van der Waals surface area contributed by atoms with Gasteiger partial charge < -0.3 is 5.73 Å². The van der Waals surface area contributed by atoms with E-state index in [-0.39, 0.29) is 0 Å². The summed E-state index contributed by atoms with van der Waals surface area (Å²) in [6.07, 6.45) is 3.83. The number of rotatable bonds is 3. The van der Waals surface area contributed by atoms with Gasteiger partial charge in [0.25, 0.3) is 0 Å². The summed E-state index contributed by atoms with van der Waals surface area (Å²) in [5.74, 6) is 1.34. The van der Waals surface area contributed by atoms with Gasteiger partial charge in [0.2, 0.25) is 0 Å². The SMILES string of the molecule is CCCc1cc(-c2cnc(N)cc2C)nc(C)n1. The lowest BCUT2D eigenvalue weighted by molar-refractivity contribution is 0.858. The second kappa shape index (κ2) is 5.12. The first-order valence-corrected chi connectivity index (χ1v) is 6.17. The molecule has 18 heavy (non-hydrogen) atoms. The molecule has 4 nitrogen and oxygen atoms in total. The number of nitrogens with two attached hydrogens (primary N) is 1. The van der Waals surface area contributed by atoms with Crippen LogP contribution in [0.5, 0.6) is 0 Å². The molecule has 94 valence electrons. The Morgan fingerprint density at radius 2 is 1.94 bits per heavy atom. The normalized spacial score (nSPS) is 10.6. The van der Waals surface area contributed by atoms with E-state index in [0.717, 1.165) is 41.2 Å². The molecule has 2 aromatic rings. The van der Waals surface area contributed by atoms with Crippen molar-refractivity contribution in [3.63, 3.8) is 0 Å². The molecular formula is C14H18N4. The van der Waals surface area contributed by atoms with E-state index in [4.69, 9.17) is 5.73 Å². The monoisotopic (exact) mass is 242 g/mol. The molecule has 2 N–H and O–H groups in total. The van der Waals surface area contributed by atoms with Crippen molar-refractivity contribution in [3.8, 4) is 11.3 Å². The van der Waals surface area contributed by atoms with Gasteiger partial charge in [-0.2, -0.15) is 0 Å². The number of nitrogens with zero attached hydrogens (tertiary/aromatic N) is 3. The molecule has 2 rings (SSSR count). The number of anilines is 1. The van der Waals surface area contributed by atoms with Crippen LogP contribution in [0.3, 0.4) is 0 Å². The second-order valence-electron chi connectivity index (χ2n) is 4.47. The van der Waals surface area contributed by atoms with E-state index in [9.17, 15) is 0 Å². The Hall–Kier alpha value is -1.97. The minimum atomic E-state index is 0.538. The second-order valence-corrected chi connectivity index (χ2v) is 4.47. The molecule has 0 bridgehead atoms. The van der Waals surface area contributed by atoms with Crippen LogP contribution in [0, 0.1) is 13.8 Å². The molecule has 0 saturated heterocycles. The first kappa shape index (κ1) is 12.5. The molecule has 0 aliphatic heterocycles. The van der Waals surface area contributed by atoms with Crippen molar-refractivity contribution in [2.45, 2.75) is 33.6 Å². The van der Waals surface area contributed by atoms with E-state index < -0.39 is 0 Å². The van der Waals surface area contributed by atoms with E-state index in [1.54, 1.807) is 6.20 Å². The van der Waals surface area contributed by atoms with E-state index in [1.807, 2.05) is 26.0 Å². The zero-order chi connectivity index (χ0) is 13.1. The van der Waals surface area contributed by atoms with Gasteiger partial charge in [0.05, 0.1) is 5.69 Å². The summed E-state index contributed by atoms with van der Waals surface area (Å²) in [6, 6.07) is 3.91. The number of hydrogen-bond acceptors (Lipinski definition) is 4. The van der Waals surface area contributed by atoms with Crippen LogP contribution in [0.2, 0.25) is 0 Å². The van der Waals surface area contributed by atoms with Crippen molar-refractivity contribution in [1.29, 1.82) is 0 Å². The quantitative estimate of drug-likeness (QED) is 0.898. The van der Waals surface area contributed by atoms with Crippen LogP contribution in [-0.4, -0.2) is 15.0 Å². The number of aromatic nitrogens is 3. The van der Waals surface area contributed by atoms with Gasteiger partial charge in [-0.05, 0) is 38.0 Å². The van der Waals surface area contributed by atoms with Gasteiger partial charge in [-0.1, -0.05) is 13.3 Å². The van der Waals surface area contributed by atoms with Crippen molar-refractivity contribution in [2.75, 3.05) is 5.73 Å². The standard InChI is InChI=1S/C14H18N4/c1-4-5-11-7-13(18-10(3)17-11)12-8-16-14(15)6-9(12)2/h6-8H,4-5H2,1-3H3,(H2,15,16). The van der Waals surface area contributed by atoms with Crippen LogP contribution in [0.25, 0.3) is 11.3 Å². The van der Waals surface area contributed by atoms with Crippen LogP contribution in [0.1, 0.15) is 30.4 Å². The zero-order valence-corrected chi connectivity index (χ0v) is 11.1. The highest BCUT2D eigenvalue weighted by Crippen LogP contribution is 2.22. The molecule has 0 atom stereocenters. The van der Waals surface area contributed by atoms with Crippen molar-refractivity contribution in [2.24, 2.45) is 0 Å². The molecule has 0 amide bonds. The Balaban J connectivity index is 2.49. The minimum Gasteiger partial charge on any atom is -0.384 e. The highest BCUT2D eigenvalue weighted by molar-refractivity contribution is 5.64. The highest BCUT2D eigenvalue weighted by Gasteiger charge is 2.07. The van der Waals surface area contributed by atoms with Crippen LogP contribution >= 0.6 is 0 Å². The van der Waals surface area contributed by atoms with Gasteiger partial charge in [-0.25, -0.2) is 15.0 Å². The predicted molar refractivity (Wildman–Crippen MR) is 73.1 cm³/mol. The summed E-state index contributed by atoms with van der Waals surface area (Å²) in [5.41, 5.74) is 9.78. The van der Waals surface area contributed by atoms with Gasteiger partial charge in [0, 0.05) is 17.5 Å². The van der Waals surface area contributed by atoms with E-state index in [2.05, 4.69) is 21.9 Å². The van der Waals surface area contributed by atoms with Gasteiger partial charge in [-0.3, -0.25) is 0 Å². The summed E-state index contributed by atoms with van der Waals surface area (Å²) in [4.78, 5) is 13.1. The van der Waals surface area contributed by atoms with Crippen LogP contribution < -0.4 is 5.73 Å². The van der Waals surface area contributed by atoms with Crippen molar-refractivity contribution >= 4 is 5.82 Å². The third-order valence-electron chi connectivity index (χ3n) is 2.81. The Labute approximate surface area is 107 Å². The molecule has 0 fully saturated rings. The number of pyridine rings is 1. The van der Waals surface area contributed by atoms with E-state index in [1.165, 1.54) is 0 Å². The molecule has 0 saturated carbocycles. The predicted octanol–water partition coefficient (Wildman–Crippen LogP) is 2.69. The lowest BCUT2D eigenvalue weighted by Gasteiger charge is -2.08. The van der Waals surface area contributed by atoms with Gasteiger partial charge in [-0.15, -0.1) is 0 Å². The first-order chi connectivity index (χ1) is 8.60. The summed E-state index contributed by atoms with van der Waals surface area (Å²) >= 11 is 0. The highest BCUT2D eigenvalue weighted by atomic mass is 14.9. The van der Waals surface area contributed by atoms with Gasteiger partial charge >= 0.3 is 0 Å². The van der Waals surface area contributed by atoms with Crippen molar-refractivity contribution < 1.29 is 0 Å². The Morgan fingerprint density at radius 1 is 1.17 bits per heavy atom. The van der Waals surface area contributed by atoms with Crippen LogP contribution in [0.4, 0.5) is 5.82 Å². The maximum atomic E-state index is 5.67. The van der Waals surface area contributed by atoms with Crippen molar-refractivity contribution in [3.05, 3.63) is 35.4 Å². The molecule has 0 unspecified atom stereocenters. The maximum absolute atomic E-state index is 5.67. The zero-order valence-electron chi connectivity index (χ0n) is 11.1. The van der Waals surface area contributed by atoms with Crippen LogP contribution in [-0.2, 0) is 6.42 Å². The third-order valence-corrected chi connectivity index (χ3v) is 2.81. The minimum absolute atomic E-state index is 0.538. The summed E-state index contributed by atoms with van der Waals surface area (Å²) in [5, 5.41) is 0. The molecule has 0 spiro atoms. The molecule has 0 aliphatic rings. The molecule has 0 radical (unpaired) electrons. The number of nitrogen functional groups attached to an aromatic ring is 1. The first-order valence-electron chi connectivity index (χ1n) is 6.17. The molecule has 2 aromatic heterocycles. The lowest BCUT2D eigenvalue weighted by atomic mass is 10.1. The smallest absolute Gasteiger partial charge is 0.126 e. The lowest BCUT2D eigenvalue weighted by Crippen LogP contribution is -1.99. The van der Waals surface area contributed by atoms with Crippen LogP contribution in [0.15, 0.2) is 18.3 Å². The fourth-order valence-electron chi connectivity index (χ4n) is 2.00. The van der Waals surface area contributed by atoms with E-state index in [0.29, 0.717) is 5.82 Å². The largest absolute Gasteiger partial charge is 0.384 e. The molecule has 0 aromatic carbocycles. The summed E-state index contributed by atoms with van der Waals surface area (Å²) in [6.45, 7) is 6.08. The summed E-state index contributed by atoms with van der Waals surface area (Å²) < 4.78 is 0. The van der Waals surface area contributed by atoms with Crippen molar-refractivity contribution in [1.82, 2.24) is 15.0 Å². The Morgan fingerprint density at radius 3 is 2.61 bits per heavy atom. The average Bonchev–Trinajstić information content (AvgIpc) is 2.28. The third kappa shape index (κ3) is 2.64. The molecule has 2 heterocycles. The van der Waals surface area contributed by atoms with Gasteiger partial charge in [0.15, 0.2) is 0 Å².